The number of rotatable bonds is 6. The minimum Gasteiger partial charge on any atom is -0.302 e. The van der Waals surface area contributed by atoms with Crippen LogP contribution in [-0.4, -0.2) is 20.9 Å². The Morgan fingerprint density at radius 2 is 1.86 bits per heavy atom. The van der Waals surface area contributed by atoms with Gasteiger partial charge in [0.15, 0.2) is 10.3 Å². The average molecular weight is 423 g/mol. The molecule has 29 heavy (non-hydrogen) atoms. The molecule has 0 radical (unpaired) electrons. The number of anilines is 1. The van der Waals surface area contributed by atoms with Gasteiger partial charge in [0.05, 0.1) is 16.6 Å². The van der Waals surface area contributed by atoms with Gasteiger partial charge in [0.1, 0.15) is 0 Å². The first-order valence-corrected chi connectivity index (χ1v) is 10.8. The number of amides is 1. The van der Waals surface area contributed by atoms with Crippen LogP contribution in [0.4, 0.5) is 5.13 Å². The van der Waals surface area contributed by atoms with Crippen LogP contribution in [0.1, 0.15) is 16.8 Å². The van der Waals surface area contributed by atoms with E-state index >= 15 is 0 Å². The van der Waals surface area contributed by atoms with Crippen molar-refractivity contribution >= 4 is 44.4 Å². The predicted octanol–water partition coefficient (Wildman–Crippen LogP) is 4.16. The molecule has 0 unspecified atom stereocenters. The zero-order valence-corrected chi connectivity index (χ0v) is 17.3. The number of thioether (sulfide) groups is 1. The fraction of sp³-hybridized carbons (Fsp3) is 0.143. The number of aromatic amines is 1. The lowest BCUT2D eigenvalue weighted by Gasteiger charge is -2.07. The van der Waals surface area contributed by atoms with Crippen molar-refractivity contribution in [3.8, 4) is 0 Å². The molecule has 0 saturated heterocycles. The van der Waals surface area contributed by atoms with E-state index < -0.39 is 0 Å². The summed E-state index contributed by atoms with van der Waals surface area (Å²) in [4.78, 5) is 36.6. The van der Waals surface area contributed by atoms with Gasteiger partial charge in [-0.05, 0) is 24.6 Å². The molecule has 4 aromatic rings. The maximum atomic E-state index is 12.5. The van der Waals surface area contributed by atoms with E-state index in [-0.39, 0.29) is 17.9 Å². The first kappa shape index (κ1) is 19.4. The third-order valence-corrected chi connectivity index (χ3v) is 6.19. The van der Waals surface area contributed by atoms with Crippen LogP contribution in [0.5, 0.6) is 0 Å². The van der Waals surface area contributed by atoms with Gasteiger partial charge in [-0.3, -0.25) is 9.59 Å². The molecule has 2 aromatic carbocycles. The summed E-state index contributed by atoms with van der Waals surface area (Å²) in [6.07, 6.45) is -0.0479. The van der Waals surface area contributed by atoms with Crippen molar-refractivity contribution in [3.63, 3.8) is 0 Å². The highest BCUT2D eigenvalue weighted by atomic mass is 32.2. The molecule has 0 spiro atoms. The molecule has 1 amide bonds. The average Bonchev–Trinajstić information content (AvgIpc) is 3.12. The summed E-state index contributed by atoms with van der Waals surface area (Å²) in [7, 11) is 0. The summed E-state index contributed by atoms with van der Waals surface area (Å²) in [6, 6.07) is 17.6. The Hall–Kier alpha value is -2.97. The normalized spacial score (nSPS) is 10.9. The van der Waals surface area contributed by atoms with Crippen LogP contribution in [0, 0.1) is 6.92 Å². The molecule has 4 rings (SSSR count). The Balaban J connectivity index is 1.44. The zero-order chi connectivity index (χ0) is 20.2. The standard InChI is InChI=1S/C21H18N4O2S2/c1-13-15(11-18(26)24-21-23-16-9-5-6-10-17(16)29-21)19(27)25-20(22-13)28-12-14-7-3-2-4-8-14/h2-10H,11-12H2,1H3,(H,22,25,27)(H,23,24,26). The van der Waals surface area contributed by atoms with Crippen molar-refractivity contribution in [2.45, 2.75) is 24.3 Å². The molecular formula is C21H18N4O2S2. The number of thiazole rings is 1. The Morgan fingerprint density at radius 3 is 2.62 bits per heavy atom. The summed E-state index contributed by atoms with van der Waals surface area (Å²) in [6.45, 7) is 1.75. The Morgan fingerprint density at radius 1 is 1.10 bits per heavy atom. The minimum atomic E-state index is -0.288. The summed E-state index contributed by atoms with van der Waals surface area (Å²) in [5.41, 5.74) is 2.63. The van der Waals surface area contributed by atoms with Gasteiger partial charge in [-0.25, -0.2) is 9.97 Å². The van der Waals surface area contributed by atoms with Crippen LogP contribution in [0.2, 0.25) is 0 Å². The number of nitrogens with one attached hydrogen (secondary N) is 2. The van der Waals surface area contributed by atoms with Crippen LogP contribution in [0.25, 0.3) is 10.2 Å². The molecule has 0 aliphatic carbocycles. The zero-order valence-electron chi connectivity index (χ0n) is 15.6. The maximum Gasteiger partial charge on any atom is 0.255 e. The third-order valence-electron chi connectivity index (χ3n) is 4.30. The van der Waals surface area contributed by atoms with E-state index in [2.05, 4.69) is 20.3 Å². The number of carbonyl (C=O) groups excluding carboxylic acids is 1. The number of carbonyl (C=O) groups is 1. The molecule has 0 aliphatic heterocycles. The van der Waals surface area contributed by atoms with Crippen LogP contribution in [0.3, 0.4) is 0 Å². The lowest BCUT2D eigenvalue weighted by atomic mass is 10.1. The molecule has 0 aliphatic rings. The number of aromatic nitrogens is 3. The molecule has 0 atom stereocenters. The van der Waals surface area contributed by atoms with Gasteiger partial charge in [0.2, 0.25) is 5.91 Å². The first-order valence-electron chi connectivity index (χ1n) is 9.00. The molecule has 2 N–H and O–H groups in total. The lowest BCUT2D eigenvalue weighted by Crippen LogP contribution is -2.23. The molecule has 6 nitrogen and oxygen atoms in total. The number of benzene rings is 2. The van der Waals surface area contributed by atoms with E-state index in [9.17, 15) is 9.59 Å². The van der Waals surface area contributed by atoms with Crippen molar-refractivity contribution in [1.82, 2.24) is 15.0 Å². The lowest BCUT2D eigenvalue weighted by molar-refractivity contribution is -0.115. The molecular weight excluding hydrogens is 404 g/mol. The molecule has 0 bridgehead atoms. The fourth-order valence-electron chi connectivity index (χ4n) is 2.84. The van der Waals surface area contributed by atoms with Gasteiger partial charge < -0.3 is 10.3 Å². The van der Waals surface area contributed by atoms with Gasteiger partial charge in [-0.15, -0.1) is 0 Å². The number of hydrogen-bond acceptors (Lipinski definition) is 6. The number of H-pyrrole nitrogens is 1. The summed E-state index contributed by atoms with van der Waals surface area (Å²) in [5.74, 6) is 0.421. The van der Waals surface area contributed by atoms with Crippen molar-refractivity contribution in [2.75, 3.05) is 5.32 Å². The monoisotopic (exact) mass is 422 g/mol. The highest BCUT2D eigenvalue weighted by Gasteiger charge is 2.14. The van der Waals surface area contributed by atoms with Gasteiger partial charge in [0.25, 0.3) is 5.56 Å². The molecule has 0 fully saturated rings. The van der Waals surface area contributed by atoms with Crippen LogP contribution < -0.4 is 10.9 Å². The molecule has 0 saturated carbocycles. The van der Waals surface area contributed by atoms with E-state index in [4.69, 9.17) is 0 Å². The van der Waals surface area contributed by atoms with Crippen LogP contribution >= 0.6 is 23.1 Å². The van der Waals surface area contributed by atoms with Crippen molar-refractivity contribution in [1.29, 1.82) is 0 Å². The molecule has 146 valence electrons. The fourth-order valence-corrected chi connectivity index (χ4v) is 4.58. The highest BCUT2D eigenvalue weighted by molar-refractivity contribution is 7.98. The van der Waals surface area contributed by atoms with Crippen LogP contribution in [0.15, 0.2) is 64.5 Å². The second kappa shape index (κ2) is 8.59. The SMILES string of the molecule is Cc1nc(SCc2ccccc2)[nH]c(=O)c1CC(=O)Nc1nc2ccccc2s1. The second-order valence-electron chi connectivity index (χ2n) is 6.42. The third kappa shape index (κ3) is 4.72. The topological polar surface area (TPSA) is 87.7 Å². The summed E-state index contributed by atoms with van der Waals surface area (Å²) >= 11 is 2.86. The number of aryl methyl sites for hydroxylation is 1. The Labute approximate surface area is 175 Å². The number of nitrogens with zero attached hydrogens (tertiary/aromatic N) is 2. The van der Waals surface area contributed by atoms with E-state index in [1.807, 2.05) is 54.6 Å². The van der Waals surface area contributed by atoms with Crippen molar-refractivity contribution < 1.29 is 4.79 Å². The quantitative estimate of drug-likeness (QED) is 0.360. The van der Waals surface area contributed by atoms with Crippen molar-refractivity contribution in [3.05, 3.63) is 81.8 Å². The minimum absolute atomic E-state index is 0.0479. The van der Waals surface area contributed by atoms with Gasteiger partial charge in [0, 0.05) is 17.0 Å². The molecule has 2 heterocycles. The smallest absolute Gasteiger partial charge is 0.255 e. The Kier molecular flexibility index (Phi) is 5.73. The second-order valence-corrected chi connectivity index (χ2v) is 8.42. The largest absolute Gasteiger partial charge is 0.302 e. The van der Waals surface area contributed by atoms with Gasteiger partial charge in [-0.1, -0.05) is 65.6 Å². The summed E-state index contributed by atoms with van der Waals surface area (Å²) < 4.78 is 0.998. The first-order chi connectivity index (χ1) is 14.1. The van der Waals surface area contributed by atoms with Crippen molar-refractivity contribution in [2.24, 2.45) is 0 Å². The van der Waals surface area contributed by atoms with Gasteiger partial charge >= 0.3 is 0 Å². The Bertz CT molecular complexity index is 1190. The summed E-state index contributed by atoms with van der Waals surface area (Å²) in [5, 5.41) is 3.85. The van der Waals surface area contributed by atoms with E-state index in [1.54, 1.807) is 6.92 Å². The van der Waals surface area contributed by atoms with E-state index in [1.165, 1.54) is 23.1 Å². The van der Waals surface area contributed by atoms with E-state index in [0.717, 1.165) is 15.8 Å². The number of hydrogen-bond donors (Lipinski definition) is 2. The highest BCUT2D eigenvalue weighted by Crippen LogP contribution is 2.25. The number of para-hydroxylation sites is 1. The van der Waals surface area contributed by atoms with Gasteiger partial charge in [-0.2, -0.15) is 0 Å². The van der Waals surface area contributed by atoms with Crippen LogP contribution in [-0.2, 0) is 17.0 Å². The van der Waals surface area contributed by atoms with E-state index in [0.29, 0.717) is 27.3 Å². The number of fused-ring (bicyclic) bond motifs is 1. The molecule has 8 heteroatoms. The predicted molar refractivity (Wildman–Crippen MR) is 118 cm³/mol. The molecule has 2 aromatic heterocycles. The maximum absolute atomic E-state index is 12.5.